The number of nitro groups is 1. The molecule has 2 heterocycles. The minimum absolute atomic E-state index is 0.0451. The molecule has 0 spiro atoms. The number of aryl methyl sites for hydroxylation is 1. The van der Waals surface area contributed by atoms with Crippen LogP contribution in [-0.4, -0.2) is 35.0 Å². The summed E-state index contributed by atoms with van der Waals surface area (Å²) in [5, 5.41) is 16.9. The molecule has 0 radical (unpaired) electrons. The first-order valence-electron chi connectivity index (χ1n) is 6.95. The van der Waals surface area contributed by atoms with Crippen LogP contribution in [0.3, 0.4) is 0 Å². The quantitative estimate of drug-likeness (QED) is 0.625. The van der Waals surface area contributed by atoms with E-state index in [-0.39, 0.29) is 11.6 Å². The van der Waals surface area contributed by atoms with E-state index in [1.54, 1.807) is 4.57 Å². The van der Waals surface area contributed by atoms with Crippen LogP contribution in [0.25, 0.3) is 0 Å². The lowest BCUT2D eigenvalue weighted by Crippen LogP contribution is -2.38. The first kappa shape index (κ1) is 14.5. The fraction of sp³-hybridized carbons (Fsp3) is 0.615. The van der Waals surface area contributed by atoms with Gasteiger partial charge in [-0.15, -0.1) is 0 Å². The Hall–Kier alpha value is -1.89. The third kappa shape index (κ3) is 3.36. The molecule has 1 aromatic rings. The van der Waals surface area contributed by atoms with Gasteiger partial charge in [0, 0.05) is 19.2 Å². The summed E-state index contributed by atoms with van der Waals surface area (Å²) in [5.41, 5.74) is 0.305. The average Bonchev–Trinajstić information content (AvgIpc) is 2.90. The Kier molecular flexibility index (Phi) is 4.73. The Balaban J connectivity index is 1.99. The minimum Gasteiger partial charge on any atom is -0.350 e. The molecule has 1 atom stereocenters. The van der Waals surface area contributed by atoms with Gasteiger partial charge in [0.05, 0.1) is 11.1 Å². The van der Waals surface area contributed by atoms with Crippen molar-refractivity contribution in [3.8, 4) is 0 Å². The molecule has 2 N–H and O–H groups in total. The van der Waals surface area contributed by atoms with Crippen LogP contribution in [0.4, 0.5) is 5.69 Å². The summed E-state index contributed by atoms with van der Waals surface area (Å²) in [5.74, 6) is 0.193. The highest BCUT2D eigenvalue weighted by Gasteiger charge is 2.20. The summed E-state index contributed by atoms with van der Waals surface area (Å²) in [6.45, 7) is 4.94. The van der Waals surface area contributed by atoms with E-state index < -0.39 is 4.92 Å². The van der Waals surface area contributed by atoms with Crippen LogP contribution in [0.2, 0.25) is 0 Å². The molecular weight excluding hydrogens is 260 g/mol. The third-order valence-electron chi connectivity index (χ3n) is 3.62. The lowest BCUT2D eigenvalue weighted by atomic mass is 10.00. The summed E-state index contributed by atoms with van der Waals surface area (Å²) in [7, 11) is 0. The van der Waals surface area contributed by atoms with Crippen LogP contribution in [0.15, 0.2) is 12.3 Å². The molecule has 1 fully saturated rings. The molecule has 7 nitrogen and oxygen atoms in total. The maximum Gasteiger partial charge on any atom is 0.287 e. The van der Waals surface area contributed by atoms with Gasteiger partial charge in [0.15, 0.2) is 0 Å². The zero-order chi connectivity index (χ0) is 14.5. The van der Waals surface area contributed by atoms with Crippen LogP contribution in [-0.2, 0) is 6.54 Å². The molecule has 0 bridgehead atoms. The fourth-order valence-electron chi connectivity index (χ4n) is 2.47. The lowest BCUT2D eigenvalue weighted by Gasteiger charge is -2.22. The zero-order valence-corrected chi connectivity index (χ0v) is 11.6. The van der Waals surface area contributed by atoms with Gasteiger partial charge in [0.1, 0.15) is 5.69 Å². The van der Waals surface area contributed by atoms with Crippen LogP contribution in [0, 0.1) is 16.0 Å². The number of carbonyl (C=O) groups is 1. The monoisotopic (exact) mass is 280 g/mol. The highest BCUT2D eigenvalue weighted by Crippen LogP contribution is 2.16. The van der Waals surface area contributed by atoms with Crippen LogP contribution in [0.5, 0.6) is 0 Å². The van der Waals surface area contributed by atoms with E-state index in [2.05, 4.69) is 10.6 Å². The Morgan fingerprint density at radius 1 is 1.65 bits per heavy atom. The second kappa shape index (κ2) is 6.51. The number of aromatic nitrogens is 1. The fourth-order valence-corrected chi connectivity index (χ4v) is 2.47. The molecule has 7 heteroatoms. The Labute approximate surface area is 117 Å². The minimum atomic E-state index is -0.478. The SMILES string of the molecule is CCn1cc([N+](=O)[O-])cc1C(=O)NCC1CCCNC1. The first-order chi connectivity index (χ1) is 9.61. The average molecular weight is 280 g/mol. The maximum atomic E-state index is 12.1. The van der Waals surface area contributed by atoms with Crippen molar-refractivity contribution in [3.63, 3.8) is 0 Å². The number of carbonyl (C=O) groups excluding carboxylic acids is 1. The predicted octanol–water partition coefficient (Wildman–Crippen LogP) is 1.15. The van der Waals surface area contributed by atoms with Crippen molar-refractivity contribution in [1.29, 1.82) is 0 Å². The second-order valence-corrected chi connectivity index (χ2v) is 5.05. The van der Waals surface area contributed by atoms with Gasteiger partial charge in [-0.1, -0.05) is 0 Å². The van der Waals surface area contributed by atoms with Crippen molar-refractivity contribution in [1.82, 2.24) is 15.2 Å². The smallest absolute Gasteiger partial charge is 0.287 e. The van der Waals surface area contributed by atoms with E-state index in [4.69, 9.17) is 0 Å². The van der Waals surface area contributed by atoms with E-state index in [1.807, 2.05) is 6.92 Å². The van der Waals surface area contributed by atoms with Crippen molar-refractivity contribution < 1.29 is 9.72 Å². The molecule has 1 saturated heterocycles. The molecule has 1 aliphatic rings. The molecule has 0 saturated carbocycles. The summed E-state index contributed by atoms with van der Waals surface area (Å²) in [6.07, 6.45) is 3.62. The Morgan fingerprint density at radius 3 is 3.05 bits per heavy atom. The molecule has 1 aromatic heterocycles. The molecule has 1 amide bonds. The summed E-state index contributed by atoms with van der Waals surface area (Å²) in [4.78, 5) is 22.4. The molecular formula is C13H20N4O3. The maximum absolute atomic E-state index is 12.1. The van der Waals surface area contributed by atoms with Crippen molar-refractivity contribution in [2.24, 2.45) is 5.92 Å². The van der Waals surface area contributed by atoms with Crippen LogP contribution >= 0.6 is 0 Å². The number of nitrogens with one attached hydrogen (secondary N) is 2. The van der Waals surface area contributed by atoms with Gasteiger partial charge < -0.3 is 15.2 Å². The summed E-state index contributed by atoms with van der Waals surface area (Å²) in [6, 6.07) is 1.33. The van der Waals surface area contributed by atoms with E-state index >= 15 is 0 Å². The van der Waals surface area contributed by atoms with Gasteiger partial charge in [-0.25, -0.2) is 0 Å². The van der Waals surface area contributed by atoms with E-state index in [0.29, 0.717) is 24.7 Å². The van der Waals surface area contributed by atoms with Gasteiger partial charge in [0.25, 0.3) is 11.6 Å². The van der Waals surface area contributed by atoms with E-state index in [0.717, 1.165) is 25.9 Å². The van der Waals surface area contributed by atoms with Crippen molar-refractivity contribution in [3.05, 3.63) is 28.1 Å². The Morgan fingerprint density at radius 2 is 2.45 bits per heavy atom. The molecule has 110 valence electrons. The number of nitrogens with zero attached hydrogens (tertiary/aromatic N) is 2. The van der Waals surface area contributed by atoms with Gasteiger partial charge in [-0.2, -0.15) is 0 Å². The number of rotatable bonds is 5. The standard InChI is InChI=1S/C13H20N4O3/c1-2-16-9-11(17(19)20)6-12(16)13(18)15-8-10-4-3-5-14-7-10/h6,9-10,14H,2-5,7-8H2,1H3,(H,15,18). The number of amides is 1. The summed E-state index contributed by atoms with van der Waals surface area (Å²) < 4.78 is 1.60. The number of hydrogen-bond donors (Lipinski definition) is 2. The van der Waals surface area contributed by atoms with Crippen molar-refractivity contribution in [2.75, 3.05) is 19.6 Å². The predicted molar refractivity (Wildman–Crippen MR) is 74.7 cm³/mol. The van der Waals surface area contributed by atoms with Crippen LogP contribution in [0.1, 0.15) is 30.3 Å². The molecule has 1 unspecified atom stereocenters. The molecule has 2 rings (SSSR count). The zero-order valence-electron chi connectivity index (χ0n) is 11.6. The third-order valence-corrected chi connectivity index (χ3v) is 3.62. The molecule has 0 aromatic carbocycles. The van der Waals surface area contributed by atoms with Crippen molar-refractivity contribution in [2.45, 2.75) is 26.3 Å². The molecule has 20 heavy (non-hydrogen) atoms. The van der Waals surface area contributed by atoms with Gasteiger partial charge in [-0.05, 0) is 38.8 Å². The normalized spacial score (nSPS) is 18.8. The van der Waals surface area contributed by atoms with E-state index in [9.17, 15) is 14.9 Å². The van der Waals surface area contributed by atoms with Gasteiger partial charge in [-0.3, -0.25) is 14.9 Å². The summed E-state index contributed by atoms with van der Waals surface area (Å²) >= 11 is 0. The highest BCUT2D eigenvalue weighted by atomic mass is 16.6. The highest BCUT2D eigenvalue weighted by molar-refractivity contribution is 5.93. The first-order valence-corrected chi connectivity index (χ1v) is 6.95. The van der Waals surface area contributed by atoms with Crippen LogP contribution < -0.4 is 10.6 Å². The Bertz CT molecular complexity index is 492. The topological polar surface area (TPSA) is 89.2 Å². The van der Waals surface area contributed by atoms with E-state index in [1.165, 1.54) is 12.3 Å². The largest absolute Gasteiger partial charge is 0.350 e. The molecule has 1 aliphatic heterocycles. The molecule has 0 aliphatic carbocycles. The van der Waals surface area contributed by atoms with Crippen molar-refractivity contribution >= 4 is 11.6 Å². The lowest BCUT2D eigenvalue weighted by molar-refractivity contribution is -0.384. The number of hydrogen-bond acceptors (Lipinski definition) is 4. The van der Waals surface area contributed by atoms with Gasteiger partial charge >= 0.3 is 0 Å². The van der Waals surface area contributed by atoms with Gasteiger partial charge in [0.2, 0.25) is 0 Å². The number of piperidine rings is 1. The second-order valence-electron chi connectivity index (χ2n) is 5.05.